The van der Waals surface area contributed by atoms with E-state index in [1.165, 1.54) is 6.07 Å². The summed E-state index contributed by atoms with van der Waals surface area (Å²) in [6.07, 6.45) is 2.45. The van der Waals surface area contributed by atoms with Crippen LogP contribution >= 0.6 is 0 Å². The number of nitrogens with zero attached hydrogens (tertiary/aromatic N) is 4. The fraction of sp³-hybridized carbons (Fsp3) is 0.355. The summed E-state index contributed by atoms with van der Waals surface area (Å²) in [4.78, 5) is 32.8. The third-order valence-electron chi connectivity index (χ3n) is 7.46. The zero-order valence-corrected chi connectivity index (χ0v) is 24.1. The van der Waals surface area contributed by atoms with Crippen LogP contribution in [0.1, 0.15) is 48.7 Å². The van der Waals surface area contributed by atoms with Crippen molar-refractivity contribution >= 4 is 28.8 Å². The average Bonchev–Trinajstić information content (AvgIpc) is 3.59. The van der Waals surface area contributed by atoms with Crippen LogP contribution in [-0.2, 0) is 12.0 Å². The second-order valence-electron chi connectivity index (χ2n) is 11.7. The van der Waals surface area contributed by atoms with Crippen LogP contribution < -0.4 is 10.6 Å². The number of aromatic nitrogens is 3. The van der Waals surface area contributed by atoms with Gasteiger partial charge in [0.2, 0.25) is 0 Å². The van der Waals surface area contributed by atoms with Crippen molar-refractivity contribution in [3.8, 4) is 11.1 Å². The molecule has 3 heterocycles. The molecule has 1 aliphatic heterocycles. The molecule has 5 rings (SSSR count). The number of carbonyl (C=O) groups is 2. The Hall–Kier alpha value is -4.47. The SMILES string of the molecule is CN(C)C(=O)N1CC[C@H](Nc2n[nH]c3nccc(-c4ccc(CNC(=O)c5ccc(C(C)(C)C)cc5)c(F)c4)c23)C1. The van der Waals surface area contributed by atoms with Crippen molar-refractivity contribution in [3.63, 3.8) is 0 Å². The van der Waals surface area contributed by atoms with Gasteiger partial charge in [-0.05, 0) is 52.8 Å². The van der Waals surface area contributed by atoms with Crippen molar-refractivity contribution in [3.05, 3.63) is 77.2 Å². The molecule has 1 saturated heterocycles. The number of hydrogen-bond donors (Lipinski definition) is 3. The number of aromatic amines is 1. The Labute approximate surface area is 239 Å². The number of urea groups is 1. The lowest BCUT2D eigenvalue weighted by atomic mass is 9.87. The summed E-state index contributed by atoms with van der Waals surface area (Å²) in [5.41, 5.74) is 4.09. The number of nitrogens with one attached hydrogen (secondary N) is 3. The summed E-state index contributed by atoms with van der Waals surface area (Å²) in [5.74, 6) is -0.0550. The van der Waals surface area contributed by atoms with Crippen molar-refractivity contribution in [1.29, 1.82) is 0 Å². The van der Waals surface area contributed by atoms with Crippen molar-refractivity contribution < 1.29 is 14.0 Å². The minimum Gasteiger partial charge on any atom is -0.363 e. The molecule has 4 aromatic rings. The number of anilines is 1. The predicted molar refractivity (Wildman–Crippen MR) is 158 cm³/mol. The van der Waals surface area contributed by atoms with Gasteiger partial charge in [0.25, 0.3) is 5.91 Å². The van der Waals surface area contributed by atoms with E-state index in [1.807, 2.05) is 24.3 Å². The van der Waals surface area contributed by atoms with Crippen LogP contribution in [0.2, 0.25) is 0 Å². The Kier molecular flexibility index (Phi) is 7.66. The van der Waals surface area contributed by atoms with Gasteiger partial charge in [-0.1, -0.05) is 45.0 Å². The average molecular weight is 558 g/mol. The van der Waals surface area contributed by atoms with E-state index in [2.05, 4.69) is 46.6 Å². The molecule has 3 N–H and O–H groups in total. The second-order valence-corrected chi connectivity index (χ2v) is 11.7. The lowest BCUT2D eigenvalue weighted by Crippen LogP contribution is -2.38. The van der Waals surface area contributed by atoms with E-state index in [4.69, 9.17) is 0 Å². The molecule has 0 saturated carbocycles. The van der Waals surface area contributed by atoms with Gasteiger partial charge < -0.3 is 20.4 Å². The Balaban J connectivity index is 1.30. The summed E-state index contributed by atoms with van der Waals surface area (Å²) in [7, 11) is 3.48. The molecule has 1 fully saturated rings. The fourth-order valence-corrected chi connectivity index (χ4v) is 5.08. The highest BCUT2D eigenvalue weighted by molar-refractivity contribution is 6.00. The Morgan fingerprint density at radius 1 is 1.12 bits per heavy atom. The fourth-order valence-electron chi connectivity index (χ4n) is 5.08. The number of H-pyrrole nitrogens is 1. The minimum absolute atomic E-state index is 0.00235. The van der Waals surface area contributed by atoms with Gasteiger partial charge >= 0.3 is 6.03 Å². The number of benzene rings is 2. The first-order valence-electron chi connectivity index (χ1n) is 13.7. The topological polar surface area (TPSA) is 106 Å². The number of likely N-dealkylation sites (tertiary alicyclic amines) is 1. The molecule has 2 aromatic heterocycles. The molecule has 1 aliphatic rings. The maximum Gasteiger partial charge on any atom is 0.319 e. The molecule has 0 unspecified atom stereocenters. The van der Waals surface area contributed by atoms with E-state index in [-0.39, 0.29) is 29.9 Å². The van der Waals surface area contributed by atoms with E-state index in [1.54, 1.807) is 48.3 Å². The third kappa shape index (κ3) is 6.01. The molecular formula is C31H36FN7O2. The zero-order valence-electron chi connectivity index (χ0n) is 24.1. The van der Waals surface area contributed by atoms with Crippen LogP contribution in [0.15, 0.2) is 54.7 Å². The minimum atomic E-state index is -0.414. The normalized spacial score (nSPS) is 15.3. The molecule has 0 aliphatic carbocycles. The van der Waals surface area contributed by atoms with E-state index in [9.17, 15) is 9.59 Å². The van der Waals surface area contributed by atoms with Crippen molar-refractivity contribution in [2.45, 2.75) is 45.2 Å². The van der Waals surface area contributed by atoms with Gasteiger partial charge in [-0.3, -0.25) is 9.89 Å². The predicted octanol–water partition coefficient (Wildman–Crippen LogP) is 5.16. The van der Waals surface area contributed by atoms with Crippen molar-refractivity contribution in [2.24, 2.45) is 0 Å². The van der Waals surface area contributed by atoms with E-state index >= 15 is 4.39 Å². The molecule has 10 heteroatoms. The molecule has 0 spiro atoms. The van der Waals surface area contributed by atoms with Crippen LogP contribution in [0.5, 0.6) is 0 Å². The Morgan fingerprint density at radius 3 is 2.56 bits per heavy atom. The number of amides is 3. The summed E-state index contributed by atoms with van der Waals surface area (Å²) >= 11 is 0. The molecule has 3 amide bonds. The third-order valence-corrected chi connectivity index (χ3v) is 7.46. The molecule has 1 atom stereocenters. The smallest absolute Gasteiger partial charge is 0.319 e. The first-order valence-corrected chi connectivity index (χ1v) is 13.7. The zero-order chi connectivity index (χ0) is 29.3. The monoisotopic (exact) mass is 557 g/mol. The summed E-state index contributed by atoms with van der Waals surface area (Å²) < 4.78 is 15.3. The van der Waals surface area contributed by atoms with Crippen LogP contribution in [0.4, 0.5) is 15.0 Å². The number of fused-ring (bicyclic) bond motifs is 1. The summed E-state index contributed by atoms with van der Waals surface area (Å²) in [6, 6.07) is 14.3. The Bertz CT molecular complexity index is 1570. The molecular weight excluding hydrogens is 521 g/mol. The van der Waals surface area contributed by atoms with Crippen LogP contribution in [0.25, 0.3) is 22.2 Å². The molecule has 41 heavy (non-hydrogen) atoms. The van der Waals surface area contributed by atoms with Gasteiger partial charge in [-0.25, -0.2) is 14.2 Å². The highest BCUT2D eigenvalue weighted by atomic mass is 19.1. The highest BCUT2D eigenvalue weighted by Crippen LogP contribution is 2.33. The highest BCUT2D eigenvalue weighted by Gasteiger charge is 2.28. The van der Waals surface area contributed by atoms with Crippen molar-refractivity contribution in [2.75, 3.05) is 32.5 Å². The van der Waals surface area contributed by atoms with Gasteiger partial charge in [0.15, 0.2) is 11.5 Å². The van der Waals surface area contributed by atoms with Crippen molar-refractivity contribution in [1.82, 2.24) is 30.3 Å². The van der Waals surface area contributed by atoms with Gasteiger partial charge in [0.1, 0.15) is 5.82 Å². The molecule has 2 aromatic carbocycles. The van der Waals surface area contributed by atoms with E-state index in [0.717, 1.165) is 22.9 Å². The van der Waals surface area contributed by atoms with Crippen LogP contribution in [0, 0.1) is 5.82 Å². The van der Waals surface area contributed by atoms with Gasteiger partial charge in [-0.2, -0.15) is 5.10 Å². The Morgan fingerprint density at radius 2 is 1.88 bits per heavy atom. The first kappa shape index (κ1) is 28.1. The standard InChI is InChI=1S/C31H36FN7O2/c1-31(2,3)22-10-8-19(9-11-22)29(40)34-17-21-7-6-20(16-25(21)32)24-12-14-33-27-26(24)28(37-36-27)35-23-13-15-39(18-23)30(41)38(4)5/h6-12,14,16,23H,13,15,17-18H2,1-5H3,(H,34,40)(H2,33,35,36,37)/t23-/m0/s1. The lowest BCUT2D eigenvalue weighted by molar-refractivity contribution is 0.0950. The summed E-state index contributed by atoms with van der Waals surface area (Å²) in [5, 5.41) is 14.4. The maximum atomic E-state index is 15.3. The number of hydrogen-bond acceptors (Lipinski definition) is 5. The number of pyridine rings is 1. The molecule has 0 radical (unpaired) electrons. The van der Waals surface area contributed by atoms with Gasteiger partial charge in [-0.15, -0.1) is 0 Å². The molecule has 9 nitrogen and oxygen atoms in total. The number of rotatable bonds is 6. The lowest BCUT2D eigenvalue weighted by Gasteiger charge is -2.21. The van der Waals surface area contributed by atoms with Gasteiger partial charge in [0, 0.05) is 57.1 Å². The largest absolute Gasteiger partial charge is 0.363 e. The van der Waals surface area contributed by atoms with E-state index < -0.39 is 5.82 Å². The number of halogens is 1. The molecule has 0 bridgehead atoms. The van der Waals surface area contributed by atoms with Crippen LogP contribution in [-0.4, -0.2) is 70.1 Å². The first-order chi connectivity index (χ1) is 19.5. The van der Waals surface area contributed by atoms with Crippen LogP contribution in [0.3, 0.4) is 0 Å². The summed E-state index contributed by atoms with van der Waals surface area (Å²) in [6.45, 7) is 7.65. The second kappa shape index (κ2) is 11.2. The number of carbonyl (C=O) groups excluding carboxylic acids is 2. The maximum absolute atomic E-state index is 15.3. The van der Waals surface area contributed by atoms with Gasteiger partial charge in [0.05, 0.1) is 5.39 Å². The quantitative estimate of drug-likeness (QED) is 0.304. The molecule has 214 valence electrons. The van der Waals surface area contributed by atoms with E-state index in [0.29, 0.717) is 41.2 Å².